The van der Waals surface area contributed by atoms with Crippen LogP contribution in [-0.4, -0.2) is 12.2 Å². The van der Waals surface area contributed by atoms with E-state index in [0.717, 1.165) is 0 Å². The van der Waals surface area contributed by atoms with Gasteiger partial charge in [0.1, 0.15) is 0 Å². The molecule has 0 aromatic heterocycles. The zero-order chi connectivity index (χ0) is 23.3. The van der Waals surface area contributed by atoms with Crippen LogP contribution < -0.4 is 14.2 Å². The fourth-order valence-electron chi connectivity index (χ4n) is 4.06. The van der Waals surface area contributed by atoms with Crippen molar-refractivity contribution < 1.29 is 17.4 Å². The second-order valence-electron chi connectivity index (χ2n) is 9.60. The Morgan fingerprint density at radius 1 is 1.06 bits per heavy atom. The molecule has 0 heterocycles. The number of rotatable bonds is 5. The molecule has 0 amide bonds. The molecule has 0 radical (unpaired) electrons. The minimum absolute atomic E-state index is 0.174. The number of hydrogen-bond donors (Lipinski definition) is 1. The van der Waals surface area contributed by atoms with E-state index < -0.39 is 24.0 Å². The van der Waals surface area contributed by atoms with Crippen LogP contribution in [0.1, 0.15) is 44.4 Å². The third-order valence-electron chi connectivity index (χ3n) is 5.43. The topological polar surface area (TPSA) is 12.0 Å². The van der Waals surface area contributed by atoms with Crippen LogP contribution in [0.4, 0.5) is 0 Å². The Balaban J connectivity index is 0.000000523. The summed E-state index contributed by atoms with van der Waals surface area (Å²) in [6.45, 7) is 16.6. The molecule has 0 bridgehead atoms. The van der Waals surface area contributed by atoms with Gasteiger partial charge < -0.3 is 0 Å². The normalized spacial score (nSPS) is 14.0. The summed E-state index contributed by atoms with van der Waals surface area (Å²) < 4.78 is 5.74. The summed E-state index contributed by atoms with van der Waals surface area (Å²) in [6, 6.07) is 15.8. The van der Waals surface area contributed by atoms with Crippen LogP contribution in [0.15, 0.2) is 79.4 Å². The van der Waals surface area contributed by atoms with Crippen LogP contribution in [0.3, 0.4) is 0 Å². The van der Waals surface area contributed by atoms with Gasteiger partial charge in [0.05, 0.1) is 0 Å². The monoisotopic (exact) mass is 474 g/mol. The van der Waals surface area contributed by atoms with Gasteiger partial charge in [-0.25, -0.2) is 0 Å². The first-order valence-electron chi connectivity index (χ1n) is 11.5. The molecule has 0 fully saturated rings. The number of benzene rings is 2. The first-order valence-corrected chi connectivity index (χ1v) is 18.6. The van der Waals surface area contributed by atoms with Crippen LogP contribution in [0.5, 0.6) is 0 Å². The van der Waals surface area contributed by atoms with Crippen LogP contribution in [0.25, 0.3) is 21.6 Å². The third kappa shape index (κ3) is 5.88. The first-order chi connectivity index (χ1) is 15.2. The molecule has 0 saturated carbocycles. The maximum absolute atomic E-state index is 4.10. The predicted octanol–water partition coefficient (Wildman–Crippen LogP) is 5.70. The van der Waals surface area contributed by atoms with Crippen molar-refractivity contribution in [3.8, 4) is 0 Å². The Bertz CT molecular complexity index is 1180. The van der Waals surface area contributed by atoms with Gasteiger partial charge in [0.15, 0.2) is 0 Å². The van der Waals surface area contributed by atoms with Crippen LogP contribution in [0.2, 0.25) is 13.1 Å². The predicted molar refractivity (Wildman–Crippen MR) is 143 cm³/mol. The van der Waals surface area contributed by atoms with E-state index >= 15 is 0 Å². The van der Waals surface area contributed by atoms with Crippen molar-refractivity contribution in [3.05, 3.63) is 107 Å². The van der Waals surface area contributed by atoms with Crippen molar-refractivity contribution in [2.45, 2.75) is 46.3 Å². The van der Waals surface area contributed by atoms with E-state index in [1.165, 1.54) is 32.7 Å². The second-order valence-corrected chi connectivity index (χ2v) is 22.2. The number of fused-ring (bicyclic) bond motifs is 2. The van der Waals surface area contributed by atoms with Gasteiger partial charge in [-0.3, -0.25) is 0 Å². The molecule has 1 nitrogen and oxygen atoms in total. The van der Waals surface area contributed by atoms with Crippen molar-refractivity contribution in [2.75, 3.05) is 0 Å². The fraction of sp³-hybridized carbons (Fsp3) is 0.241. The average Bonchev–Trinajstić information content (AvgIpc) is 3.35. The van der Waals surface area contributed by atoms with Crippen LogP contribution in [0, 0.1) is 0 Å². The summed E-state index contributed by atoms with van der Waals surface area (Å²) in [6.07, 6.45) is 14.8. The molecule has 32 heavy (non-hydrogen) atoms. The summed E-state index contributed by atoms with van der Waals surface area (Å²) >= 11 is -1.55. The Kier molecular flexibility index (Phi) is 8.30. The van der Waals surface area contributed by atoms with Gasteiger partial charge in [0.25, 0.3) is 0 Å². The van der Waals surface area contributed by atoms with Crippen LogP contribution >= 0.6 is 0 Å². The standard InChI is InChI=1S/C18H11.C5H8.C4H10N.C2H7Si.Ti/c1-2-5-13(6-3-1)17-10-9-16-11-14-7-4-8-15(14)12-18(16)17;1-3-5-4-2;1-4(2,3)5;1-3-2;/h1-8,10-12H;3-5H,1H2,2H3;5H,1-3H3;3H,1-2H3;/q;;-1;;+1/b;5-4+;;;. The Hall–Kier alpha value is -1.97. The first kappa shape index (κ1) is 24.7. The van der Waals surface area contributed by atoms with Gasteiger partial charge in [-0.05, 0) is 6.92 Å². The van der Waals surface area contributed by atoms with E-state index in [0.29, 0.717) is 0 Å². The molecule has 0 aliphatic heterocycles. The molecule has 2 aromatic carbocycles. The Labute approximate surface area is 201 Å². The van der Waals surface area contributed by atoms with E-state index in [1.807, 2.05) is 19.1 Å². The molecule has 4 rings (SSSR count). The summed E-state index contributed by atoms with van der Waals surface area (Å²) in [5.74, 6) is 0. The summed E-state index contributed by atoms with van der Waals surface area (Å²) in [4.78, 5) is 0. The molecular weight excluding hydrogens is 438 g/mol. The number of hydrogen-bond acceptors (Lipinski definition) is 1. The molecule has 0 atom stereocenters. The molecule has 165 valence electrons. The van der Waals surface area contributed by atoms with Crippen molar-refractivity contribution >= 4 is 28.3 Å². The van der Waals surface area contributed by atoms with Crippen molar-refractivity contribution in [1.29, 1.82) is 0 Å². The van der Waals surface area contributed by atoms with Gasteiger partial charge in [-0.2, -0.15) is 0 Å². The number of nitrogens with one attached hydrogen (secondary N) is 1. The van der Waals surface area contributed by atoms with Gasteiger partial charge in [0, 0.05) is 0 Å². The van der Waals surface area contributed by atoms with E-state index in [-0.39, 0.29) is 5.54 Å². The van der Waals surface area contributed by atoms with Gasteiger partial charge in [-0.15, -0.1) is 0 Å². The molecule has 0 spiro atoms. The van der Waals surface area contributed by atoms with Gasteiger partial charge in [-0.1, -0.05) is 24.8 Å². The fourth-order valence-corrected chi connectivity index (χ4v) is 14.7. The van der Waals surface area contributed by atoms with Crippen molar-refractivity contribution in [1.82, 2.24) is 3.80 Å². The summed E-state index contributed by atoms with van der Waals surface area (Å²) in [5.41, 5.74) is 5.70. The second kappa shape index (κ2) is 10.8. The zero-order valence-electron chi connectivity index (χ0n) is 20.4. The Morgan fingerprint density at radius 2 is 1.78 bits per heavy atom. The Morgan fingerprint density at radius 3 is 2.34 bits per heavy atom. The van der Waals surface area contributed by atoms with E-state index in [1.54, 1.807) is 9.95 Å². The SMILES string of the molecule is C=C/C=C/C.C[SiH](C)[Ti]([NH]C(C)(C)C)[C]1=c2cc3c(cc2C(c2ccccc2)=C1)=CC=C3. The van der Waals surface area contributed by atoms with Gasteiger partial charge >= 0.3 is 171 Å². The third-order valence-corrected chi connectivity index (χ3v) is 17.0. The minimum atomic E-state index is -1.55. The maximum atomic E-state index is 4.10. The molecular formula is C29H36NSiTi. The van der Waals surface area contributed by atoms with Crippen molar-refractivity contribution in [2.24, 2.45) is 0 Å². The molecule has 2 aromatic rings. The quantitative estimate of drug-likeness (QED) is 0.433. The average molecular weight is 475 g/mol. The van der Waals surface area contributed by atoms with Crippen LogP contribution in [-0.2, 0) is 17.4 Å². The molecule has 0 unspecified atom stereocenters. The molecule has 0 saturated heterocycles. The van der Waals surface area contributed by atoms with Crippen molar-refractivity contribution in [3.63, 3.8) is 0 Å². The van der Waals surface area contributed by atoms with Gasteiger partial charge in [0.2, 0.25) is 0 Å². The molecule has 1 N–H and O–H groups in total. The summed E-state index contributed by atoms with van der Waals surface area (Å²) in [7, 11) is 0. The molecule has 3 heteroatoms. The molecule has 2 aliphatic rings. The van der Waals surface area contributed by atoms with E-state index in [9.17, 15) is 0 Å². The van der Waals surface area contributed by atoms with E-state index in [4.69, 9.17) is 0 Å². The summed E-state index contributed by atoms with van der Waals surface area (Å²) in [5, 5.41) is 2.84. The number of allylic oxidation sites excluding steroid dienone is 5. The molecule has 2 aliphatic carbocycles. The zero-order valence-corrected chi connectivity index (χ0v) is 23.1. The van der Waals surface area contributed by atoms with E-state index in [2.05, 4.69) is 111 Å².